The number of piperidine rings is 1. The molecule has 2 amide bonds. The number of likely N-dealkylation sites (tertiary alicyclic amines) is 1. The van der Waals surface area contributed by atoms with Gasteiger partial charge in [0.2, 0.25) is 17.6 Å². The lowest BCUT2D eigenvalue weighted by atomic mass is 9.93. The van der Waals surface area contributed by atoms with Crippen LogP contribution in [0.15, 0.2) is 59.6 Å². The van der Waals surface area contributed by atoms with Crippen molar-refractivity contribution in [1.82, 2.24) is 25.0 Å². The molecule has 2 aliphatic heterocycles. The van der Waals surface area contributed by atoms with E-state index in [9.17, 15) is 35.9 Å². The Bertz CT molecular complexity index is 1930. The van der Waals surface area contributed by atoms with Gasteiger partial charge in [0.15, 0.2) is 5.82 Å². The van der Waals surface area contributed by atoms with E-state index in [2.05, 4.69) is 36.1 Å². The second-order valence-corrected chi connectivity index (χ2v) is 12.0. The molecule has 288 valence electrons. The van der Waals surface area contributed by atoms with Crippen LogP contribution in [0.25, 0.3) is 0 Å². The highest BCUT2D eigenvalue weighted by Gasteiger charge is 2.39. The third-order valence-electron chi connectivity index (χ3n) is 7.63. The van der Waals surface area contributed by atoms with Crippen LogP contribution in [0.4, 0.5) is 55.2 Å². The van der Waals surface area contributed by atoms with E-state index in [1.807, 2.05) is 30.5 Å². The average Bonchev–Trinajstić information content (AvgIpc) is 3.65. The molecule has 5 heterocycles. The van der Waals surface area contributed by atoms with Gasteiger partial charge in [-0.2, -0.15) is 31.3 Å². The van der Waals surface area contributed by atoms with Crippen LogP contribution >= 0.6 is 11.6 Å². The summed E-state index contributed by atoms with van der Waals surface area (Å²) in [4.78, 5) is 58.3. The number of hydrogen-bond acceptors (Lipinski definition) is 11. The zero-order chi connectivity index (χ0) is 39.6. The lowest BCUT2D eigenvalue weighted by Crippen LogP contribution is -2.39. The molecule has 3 aromatic heterocycles. The average molecular weight is 787 g/mol. The van der Waals surface area contributed by atoms with Crippen LogP contribution in [0.2, 0.25) is 5.02 Å². The Kier molecular flexibility index (Phi) is 13.4. The first kappa shape index (κ1) is 40.8. The van der Waals surface area contributed by atoms with Crippen LogP contribution in [0.5, 0.6) is 0 Å². The molecule has 6 bridgehead atoms. The number of halogens is 7. The van der Waals surface area contributed by atoms with E-state index in [1.165, 1.54) is 6.20 Å². The minimum absolute atomic E-state index is 0.0452. The van der Waals surface area contributed by atoms with Gasteiger partial charge in [-0.1, -0.05) is 16.8 Å². The third-order valence-corrected chi connectivity index (χ3v) is 7.91. The second kappa shape index (κ2) is 17.7. The van der Waals surface area contributed by atoms with E-state index in [0.717, 1.165) is 47.5 Å². The number of amides is 2. The molecule has 6 rings (SSSR count). The van der Waals surface area contributed by atoms with Gasteiger partial charge < -0.3 is 35.6 Å². The normalized spacial score (nSPS) is 14.1. The van der Waals surface area contributed by atoms with Crippen LogP contribution < -0.4 is 16.0 Å². The highest BCUT2D eigenvalue weighted by Crippen LogP contribution is 2.30. The predicted molar refractivity (Wildman–Crippen MR) is 177 cm³/mol. The zero-order valence-corrected chi connectivity index (χ0v) is 28.3. The third kappa shape index (κ3) is 12.0. The van der Waals surface area contributed by atoms with Crippen molar-refractivity contribution in [1.29, 1.82) is 0 Å². The fourth-order valence-electron chi connectivity index (χ4n) is 5.04. The molecule has 0 aliphatic carbocycles. The summed E-state index contributed by atoms with van der Waals surface area (Å²) in [5.74, 6) is -4.41. The fraction of sp³-hybridized carbons (Fsp3) is 0.312. The molecule has 1 aromatic carbocycles. The molecule has 22 heteroatoms. The summed E-state index contributed by atoms with van der Waals surface area (Å²) in [7, 11) is 0. The number of carboxylic acid groups (broad SMARTS) is 2. The van der Waals surface area contributed by atoms with E-state index in [0.29, 0.717) is 42.7 Å². The first-order chi connectivity index (χ1) is 25.4. The maximum atomic E-state index is 13.1. The number of rotatable bonds is 4. The summed E-state index contributed by atoms with van der Waals surface area (Å²) in [5, 5.41) is 27.8. The molecule has 1 fully saturated rings. The monoisotopic (exact) mass is 786 g/mol. The molecule has 54 heavy (non-hydrogen) atoms. The summed E-state index contributed by atoms with van der Waals surface area (Å²) in [6.45, 7) is 1.16. The number of aryl methyl sites for hydroxylation is 2. The number of carbonyl (C=O) groups is 4. The van der Waals surface area contributed by atoms with Crippen LogP contribution in [0.1, 0.15) is 40.9 Å². The molecule has 1 saturated heterocycles. The van der Waals surface area contributed by atoms with Crippen molar-refractivity contribution in [2.24, 2.45) is 5.92 Å². The lowest BCUT2D eigenvalue weighted by molar-refractivity contribution is -0.193. The van der Waals surface area contributed by atoms with Gasteiger partial charge in [0.25, 0.3) is 5.91 Å². The Hall–Kier alpha value is -5.99. The van der Waals surface area contributed by atoms with Crippen molar-refractivity contribution in [2.45, 2.75) is 44.5 Å². The van der Waals surface area contributed by atoms with E-state index in [-0.39, 0.29) is 23.5 Å². The van der Waals surface area contributed by atoms with Crippen LogP contribution in [-0.4, -0.2) is 84.4 Å². The molecule has 4 aromatic rings. The predicted octanol–water partition coefficient (Wildman–Crippen LogP) is 6.25. The quantitative estimate of drug-likeness (QED) is 0.145. The van der Waals surface area contributed by atoms with Crippen LogP contribution in [0, 0.1) is 5.92 Å². The number of anilines is 5. The molecule has 0 spiro atoms. The Balaban J connectivity index is 0.000000396. The summed E-state index contributed by atoms with van der Waals surface area (Å²) >= 11 is 6.36. The van der Waals surface area contributed by atoms with Crippen LogP contribution in [-0.2, 0) is 27.2 Å². The maximum absolute atomic E-state index is 13.1. The number of aromatic nitrogens is 4. The minimum atomic E-state index is -5.08. The molecule has 0 atom stereocenters. The summed E-state index contributed by atoms with van der Waals surface area (Å²) in [6, 6.07) is 9.37. The molecular weight excluding hydrogens is 758 g/mol. The summed E-state index contributed by atoms with van der Waals surface area (Å²) in [5.41, 5.74) is 4.36. The van der Waals surface area contributed by atoms with E-state index in [4.69, 9.17) is 35.9 Å². The van der Waals surface area contributed by atoms with Crippen LogP contribution in [0.3, 0.4) is 0 Å². The molecule has 0 unspecified atom stereocenters. The molecular formula is C32H29ClF6N8O7. The SMILES string of the molecule is O=C(CC1CCN(C(=O)c2ccno2)CC1)Nc1ccc2cc1CCc1cncc(c1)Nc1ncc(Cl)c(n1)N2.O=C(O)C(F)(F)F.O=C(O)C(F)(F)F. The lowest BCUT2D eigenvalue weighted by Gasteiger charge is -2.31. The Morgan fingerprint density at radius 3 is 2.19 bits per heavy atom. The molecule has 15 nitrogen and oxygen atoms in total. The van der Waals surface area contributed by atoms with Gasteiger partial charge >= 0.3 is 24.3 Å². The Morgan fingerprint density at radius 1 is 0.907 bits per heavy atom. The number of carboxylic acids is 2. The first-order valence-corrected chi connectivity index (χ1v) is 16.0. The van der Waals surface area contributed by atoms with Crippen molar-refractivity contribution in [2.75, 3.05) is 29.0 Å². The van der Waals surface area contributed by atoms with Crippen molar-refractivity contribution >= 4 is 64.2 Å². The molecule has 2 aliphatic rings. The van der Waals surface area contributed by atoms with Crippen molar-refractivity contribution in [3.8, 4) is 0 Å². The number of hydrogen-bond donors (Lipinski definition) is 5. The topological polar surface area (TPSA) is 213 Å². The Morgan fingerprint density at radius 2 is 1.57 bits per heavy atom. The highest BCUT2D eigenvalue weighted by molar-refractivity contribution is 6.32. The largest absolute Gasteiger partial charge is 0.490 e. The first-order valence-electron chi connectivity index (χ1n) is 15.6. The number of carbonyl (C=O) groups excluding carboxylic acids is 2. The van der Waals surface area contributed by atoms with E-state index < -0.39 is 24.3 Å². The van der Waals surface area contributed by atoms with Gasteiger partial charge in [-0.15, -0.1) is 0 Å². The minimum Gasteiger partial charge on any atom is -0.475 e. The van der Waals surface area contributed by atoms with Gasteiger partial charge in [-0.25, -0.2) is 14.6 Å². The number of aliphatic carboxylic acids is 2. The number of pyridine rings is 1. The maximum Gasteiger partial charge on any atom is 0.490 e. The Labute approximate surface area is 305 Å². The number of nitrogens with one attached hydrogen (secondary N) is 3. The smallest absolute Gasteiger partial charge is 0.475 e. The second-order valence-electron chi connectivity index (χ2n) is 11.6. The number of benzene rings is 1. The van der Waals surface area contributed by atoms with Crippen molar-refractivity contribution in [3.63, 3.8) is 0 Å². The summed E-state index contributed by atoms with van der Waals surface area (Å²) < 4.78 is 68.5. The number of nitrogens with zero attached hydrogens (tertiary/aromatic N) is 5. The van der Waals surface area contributed by atoms with E-state index >= 15 is 0 Å². The number of fused-ring (bicyclic) bond motifs is 6. The molecule has 0 saturated carbocycles. The van der Waals surface area contributed by atoms with Crippen molar-refractivity contribution in [3.05, 3.63) is 77.0 Å². The van der Waals surface area contributed by atoms with Crippen molar-refractivity contribution < 1.29 is 60.3 Å². The zero-order valence-electron chi connectivity index (χ0n) is 27.5. The summed E-state index contributed by atoms with van der Waals surface area (Å²) in [6.07, 6.45) is -0.302. The van der Waals surface area contributed by atoms with Gasteiger partial charge in [-0.05, 0) is 67.0 Å². The fourth-order valence-corrected chi connectivity index (χ4v) is 5.18. The highest BCUT2D eigenvalue weighted by atomic mass is 35.5. The van der Waals surface area contributed by atoms with Gasteiger partial charge in [0.1, 0.15) is 5.02 Å². The molecule has 5 N–H and O–H groups in total. The van der Waals surface area contributed by atoms with Gasteiger partial charge in [0.05, 0.1) is 24.3 Å². The molecule has 0 radical (unpaired) electrons. The van der Waals surface area contributed by atoms with Gasteiger partial charge in [-0.3, -0.25) is 14.6 Å². The van der Waals surface area contributed by atoms with E-state index in [1.54, 1.807) is 23.4 Å². The standard InChI is InChI=1S/C28H27ClN8O3.2C2HF3O2/c29-22-16-31-28-34-21-11-18(14-30-15-21)1-2-19-13-20(33-26(22)36-28)3-4-23(19)35-25(38)12-17-6-9-37(10-7-17)27(39)24-5-8-32-40-24;2*3-2(4,5)1(6)7/h3-5,8,11,13-17H,1-2,6-7,9-10,12H2,(H,35,38)(H2,31,33,34,36);2*(H,6,7). The number of alkyl halides is 6. The van der Waals surface area contributed by atoms with Gasteiger partial charge in [0, 0.05) is 43.1 Å².